The molecule has 0 N–H and O–H groups in total. The molecule has 0 spiro atoms. The lowest BCUT2D eigenvalue weighted by atomic mass is 10.3. The van der Waals surface area contributed by atoms with Gasteiger partial charge in [0.15, 0.2) is 4.96 Å². The zero-order chi connectivity index (χ0) is 18.6. The molecule has 1 aromatic carbocycles. The van der Waals surface area contributed by atoms with Crippen molar-refractivity contribution in [3.63, 3.8) is 0 Å². The topological polar surface area (TPSA) is 40.9 Å². The quantitative estimate of drug-likeness (QED) is 0.591. The highest BCUT2D eigenvalue weighted by Gasteiger charge is 2.17. The Morgan fingerprint density at radius 3 is 2.63 bits per heavy atom. The number of hydrogen-bond donors (Lipinski definition) is 0. The Hall–Kier alpha value is -1.74. The SMILES string of the molecule is O=c1cc(CN2CCN(CCSc3ccc(F)cc3)CC2)nc2sccn12. The summed E-state index contributed by atoms with van der Waals surface area (Å²) in [6, 6.07) is 8.32. The van der Waals surface area contributed by atoms with Crippen LogP contribution in [-0.4, -0.2) is 57.7 Å². The summed E-state index contributed by atoms with van der Waals surface area (Å²) < 4.78 is 14.5. The molecule has 0 radical (unpaired) electrons. The Morgan fingerprint density at radius 2 is 1.85 bits per heavy atom. The third kappa shape index (κ3) is 4.76. The number of nitrogens with zero attached hydrogens (tertiary/aromatic N) is 4. The summed E-state index contributed by atoms with van der Waals surface area (Å²) in [5.74, 6) is 0.810. The smallest absolute Gasteiger partial charge is 0.258 e. The van der Waals surface area contributed by atoms with Crippen LogP contribution in [-0.2, 0) is 6.54 Å². The number of thioether (sulfide) groups is 1. The number of halogens is 1. The van der Waals surface area contributed by atoms with Crippen LogP contribution in [0.5, 0.6) is 0 Å². The molecule has 8 heteroatoms. The van der Waals surface area contributed by atoms with E-state index in [0.717, 1.165) is 60.6 Å². The van der Waals surface area contributed by atoms with E-state index in [-0.39, 0.29) is 11.4 Å². The standard InChI is InChI=1S/C19H21FN4OS2/c20-15-1-3-17(4-2-15)26-11-9-22-5-7-23(8-6-22)14-16-13-18(25)24-10-12-27-19(24)21-16/h1-4,10,12-13H,5-9,11,14H2. The summed E-state index contributed by atoms with van der Waals surface area (Å²) in [5.41, 5.74) is 0.843. The summed E-state index contributed by atoms with van der Waals surface area (Å²) in [6.45, 7) is 5.74. The summed E-state index contributed by atoms with van der Waals surface area (Å²) in [7, 11) is 0. The third-order valence-corrected chi connectivity index (χ3v) is 6.45. The fourth-order valence-electron chi connectivity index (χ4n) is 3.19. The molecule has 1 fully saturated rings. The zero-order valence-corrected chi connectivity index (χ0v) is 16.5. The van der Waals surface area contributed by atoms with Crippen molar-refractivity contribution < 1.29 is 4.39 Å². The zero-order valence-electron chi connectivity index (χ0n) is 14.9. The van der Waals surface area contributed by atoms with Gasteiger partial charge in [0.1, 0.15) is 5.82 Å². The summed E-state index contributed by atoms with van der Waals surface area (Å²) in [6.07, 6.45) is 1.77. The number of hydrogen-bond acceptors (Lipinski definition) is 6. The van der Waals surface area contributed by atoms with Crippen LogP contribution in [0.1, 0.15) is 5.69 Å². The van der Waals surface area contributed by atoms with E-state index in [1.165, 1.54) is 23.5 Å². The van der Waals surface area contributed by atoms with Crippen molar-refractivity contribution in [2.75, 3.05) is 38.5 Å². The van der Waals surface area contributed by atoms with Gasteiger partial charge in [0.25, 0.3) is 5.56 Å². The first kappa shape index (κ1) is 18.6. The third-order valence-electron chi connectivity index (χ3n) is 4.70. The fourth-order valence-corrected chi connectivity index (χ4v) is 4.84. The van der Waals surface area contributed by atoms with Crippen molar-refractivity contribution in [2.45, 2.75) is 11.4 Å². The molecule has 2 aromatic heterocycles. The van der Waals surface area contributed by atoms with Gasteiger partial charge in [-0.05, 0) is 24.3 Å². The van der Waals surface area contributed by atoms with E-state index in [9.17, 15) is 9.18 Å². The molecule has 0 aliphatic carbocycles. The van der Waals surface area contributed by atoms with Gasteiger partial charge in [-0.3, -0.25) is 19.0 Å². The van der Waals surface area contributed by atoms with Gasteiger partial charge < -0.3 is 0 Å². The lowest BCUT2D eigenvalue weighted by molar-refractivity contribution is 0.131. The summed E-state index contributed by atoms with van der Waals surface area (Å²) in [5, 5.41) is 1.89. The Balaban J connectivity index is 1.23. The Bertz CT molecular complexity index is 948. The summed E-state index contributed by atoms with van der Waals surface area (Å²) in [4.78, 5) is 23.4. The molecule has 4 rings (SSSR count). The van der Waals surface area contributed by atoms with Crippen molar-refractivity contribution in [3.05, 3.63) is 63.8 Å². The number of fused-ring (bicyclic) bond motifs is 1. The minimum absolute atomic E-state index is 0.00676. The predicted octanol–water partition coefficient (Wildman–Crippen LogP) is 2.81. The molecule has 0 bridgehead atoms. The van der Waals surface area contributed by atoms with Crippen LogP contribution >= 0.6 is 23.1 Å². The second-order valence-electron chi connectivity index (χ2n) is 6.56. The number of rotatable bonds is 6. The molecule has 3 aromatic rings. The van der Waals surface area contributed by atoms with Crippen LogP contribution in [0.3, 0.4) is 0 Å². The molecule has 0 atom stereocenters. The normalized spacial score (nSPS) is 16.2. The molecule has 27 heavy (non-hydrogen) atoms. The van der Waals surface area contributed by atoms with Crippen LogP contribution in [0.15, 0.2) is 51.6 Å². The maximum Gasteiger partial charge on any atom is 0.258 e. The first-order valence-corrected chi connectivity index (χ1v) is 10.8. The maximum atomic E-state index is 12.9. The second-order valence-corrected chi connectivity index (χ2v) is 8.60. The monoisotopic (exact) mass is 404 g/mol. The van der Waals surface area contributed by atoms with Gasteiger partial charge in [-0.2, -0.15) is 0 Å². The largest absolute Gasteiger partial charge is 0.300 e. The van der Waals surface area contributed by atoms with Crippen molar-refractivity contribution in [2.24, 2.45) is 0 Å². The van der Waals surface area contributed by atoms with Crippen molar-refractivity contribution >= 4 is 28.1 Å². The van der Waals surface area contributed by atoms with Crippen molar-refractivity contribution in [1.82, 2.24) is 19.2 Å². The predicted molar refractivity (Wildman–Crippen MR) is 108 cm³/mol. The van der Waals surface area contributed by atoms with Crippen LogP contribution in [0, 0.1) is 5.82 Å². The van der Waals surface area contributed by atoms with E-state index in [1.807, 2.05) is 17.5 Å². The Kier molecular flexibility index (Phi) is 5.87. The number of piperazine rings is 1. The van der Waals surface area contributed by atoms with Gasteiger partial charge in [-0.15, -0.1) is 23.1 Å². The minimum atomic E-state index is -0.189. The van der Waals surface area contributed by atoms with Gasteiger partial charge in [-0.25, -0.2) is 9.37 Å². The molecular weight excluding hydrogens is 383 g/mol. The average Bonchev–Trinajstić information content (AvgIpc) is 3.14. The average molecular weight is 405 g/mol. The molecular formula is C19H21FN4OS2. The van der Waals surface area contributed by atoms with Crippen LogP contribution in [0.4, 0.5) is 4.39 Å². The van der Waals surface area contributed by atoms with Gasteiger partial charge in [0.2, 0.25) is 0 Å². The highest BCUT2D eigenvalue weighted by Crippen LogP contribution is 2.18. The highest BCUT2D eigenvalue weighted by atomic mass is 32.2. The van der Waals surface area contributed by atoms with E-state index in [4.69, 9.17) is 0 Å². The van der Waals surface area contributed by atoms with Gasteiger partial charge in [0.05, 0.1) is 5.69 Å². The van der Waals surface area contributed by atoms with Gasteiger partial charge in [0, 0.05) is 67.6 Å². The first-order valence-electron chi connectivity index (χ1n) is 8.96. The maximum absolute atomic E-state index is 12.9. The Labute approximate surface area is 165 Å². The number of thiazole rings is 1. The second kappa shape index (κ2) is 8.52. The molecule has 0 amide bonds. The van der Waals surface area contributed by atoms with E-state index >= 15 is 0 Å². The molecule has 5 nitrogen and oxygen atoms in total. The molecule has 1 aliphatic heterocycles. The van der Waals surface area contributed by atoms with Crippen LogP contribution in [0.2, 0.25) is 0 Å². The molecule has 0 unspecified atom stereocenters. The Morgan fingerprint density at radius 1 is 1.11 bits per heavy atom. The molecule has 3 heterocycles. The van der Waals surface area contributed by atoms with E-state index in [0.29, 0.717) is 0 Å². The molecule has 142 valence electrons. The number of benzene rings is 1. The number of aromatic nitrogens is 2. The minimum Gasteiger partial charge on any atom is -0.300 e. The lowest BCUT2D eigenvalue weighted by Gasteiger charge is -2.34. The molecule has 1 aliphatic rings. The first-order chi connectivity index (χ1) is 13.2. The van der Waals surface area contributed by atoms with Crippen LogP contribution in [0.25, 0.3) is 4.96 Å². The summed E-state index contributed by atoms with van der Waals surface area (Å²) >= 11 is 3.25. The molecule has 1 saturated heterocycles. The highest BCUT2D eigenvalue weighted by molar-refractivity contribution is 7.99. The van der Waals surface area contributed by atoms with Crippen molar-refractivity contribution in [3.8, 4) is 0 Å². The fraction of sp³-hybridized carbons (Fsp3) is 0.368. The van der Waals surface area contributed by atoms with E-state index in [1.54, 1.807) is 28.4 Å². The van der Waals surface area contributed by atoms with Crippen molar-refractivity contribution in [1.29, 1.82) is 0 Å². The molecule has 0 saturated carbocycles. The van der Waals surface area contributed by atoms with Gasteiger partial charge >= 0.3 is 0 Å². The van der Waals surface area contributed by atoms with E-state index in [2.05, 4.69) is 14.8 Å². The van der Waals surface area contributed by atoms with Crippen LogP contribution < -0.4 is 5.56 Å². The van der Waals surface area contributed by atoms with E-state index < -0.39 is 0 Å². The lowest BCUT2D eigenvalue weighted by Crippen LogP contribution is -2.46. The van der Waals surface area contributed by atoms with Gasteiger partial charge in [-0.1, -0.05) is 0 Å².